The fraction of sp³-hybridized carbons (Fsp3) is 0.0556. The van der Waals surface area contributed by atoms with E-state index in [-0.39, 0.29) is 11.8 Å². The van der Waals surface area contributed by atoms with Crippen LogP contribution in [0.4, 0.5) is 5.69 Å². The van der Waals surface area contributed by atoms with Crippen molar-refractivity contribution in [3.63, 3.8) is 0 Å². The van der Waals surface area contributed by atoms with Crippen LogP contribution in [0.25, 0.3) is 5.69 Å². The SMILES string of the molecule is CNC(=O)c1ccc(NC(=O)c2cnn(-c3ccc(Cl)cc3Cl)c2)cc1. The van der Waals surface area contributed by atoms with E-state index >= 15 is 0 Å². The lowest BCUT2D eigenvalue weighted by atomic mass is 10.2. The van der Waals surface area contributed by atoms with Gasteiger partial charge in [0, 0.05) is 29.5 Å². The maximum Gasteiger partial charge on any atom is 0.258 e. The third-order valence-corrected chi connectivity index (χ3v) is 4.17. The molecule has 26 heavy (non-hydrogen) atoms. The largest absolute Gasteiger partial charge is 0.355 e. The molecule has 2 amide bonds. The van der Waals surface area contributed by atoms with Crippen LogP contribution < -0.4 is 10.6 Å². The van der Waals surface area contributed by atoms with Crippen molar-refractivity contribution in [1.29, 1.82) is 0 Å². The van der Waals surface area contributed by atoms with Gasteiger partial charge in [-0.3, -0.25) is 9.59 Å². The molecular formula is C18H14Cl2N4O2. The summed E-state index contributed by atoms with van der Waals surface area (Å²) in [5, 5.41) is 10.4. The average molecular weight is 389 g/mol. The Morgan fingerprint density at radius 2 is 1.73 bits per heavy atom. The first-order valence-electron chi connectivity index (χ1n) is 7.61. The zero-order valence-electron chi connectivity index (χ0n) is 13.7. The summed E-state index contributed by atoms with van der Waals surface area (Å²) in [4.78, 5) is 23.9. The first-order valence-corrected chi connectivity index (χ1v) is 8.37. The fourth-order valence-corrected chi connectivity index (χ4v) is 2.79. The molecule has 8 heteroatoms. The molecule has 1 heterocycles. The maximum absolute atomic E-state index is 12.4. The molecule has 2 aromatic carbocycles. The fourth-order valence-electron chi connectivity index (χ4n) is 2.29. The summed E-state index contributed by atoms with van der Waals surface area (Å²) in [5.74, 6) is -0.516. The molecule has 2 N–H and O–H groups in total. The summed E-state index contributed by atoms with van der Waals surface area (Å²) in [6.45, 7) is 0. The monoisotopic (exact) mass is 388 g/mol. The van der Waals surface area contributed by atoms with Crippen LogP contribution >= 0.6 is 23.2 Å². The minimum absolute atomic E-state index is 0.191. The highest BCUT2D eigenvalue weighted by Crippen LogP contribution is 2.24. The van der Waals surface area contributed by atoms with Crippen molar-refractivity contribution in [2.45, 2.75) is 0 Å². The standard InChI is InChI=1S/C18H14Cl2N4O2/c1-21-17(25)11-2-5-14(6-3-11)23-18(26)12-9-22-24(10-12)16-7-4-13(19)8-15(16)20/h2-10H,1H3,(H,21,25)(H,23,26). The first kappa shape index (κ1) is 18.0. The molecule has 0 bridgehead atoms. The van der Waals surface area contributed by atoms with Gasteiger partial charge >= 0.3 is 0 Å². The average Bonchev–Trinajstić information content (AvgIpc) is 3.11. The smallest absolute Gasteiger partial charge is 0.258 e. The second kappa shape index (κ2) is 7.59. The molecular weight excluding hydrogens is 375 g/mol. The molecule has 3 rings (SSSR count). The van der Waals surface area contributed by atoms with Crippen LogP contribution in [-0.4, -0.2) is 28.6 Å². The molecule has 0 saturated heterocycles. The van der Waals surface area contributed by atoms with Gasteiger partial charge < -0.3 is 10.6 Å². The number of anilines is 1. The zero-order valence-corrected chi connectivity index (χ0v) is 15.2. The third-order valence-electron chi connectivity index (χ3n) is 3.63. The molecule has 0 unspecified atom stereocenters. The van der Waals surface area contributed by atoms with Crippen LogP contribution in [-0.2, 0) is 0 Å². The number of rotatable bonds is 4. The number of nitrogens with zero attached hydrogens (tertiary/aromatic N) is 2. The number of aromatic nitrogens is 2. The Labute approximate surface area is 159 Å². The Hall–Kier alpha value is -2.83. The van der Waals surface area contributed by atoms with E-state index in [4.69, 9.17) is 23.2 Å². The summed E-state index contributed by atoms with van der Waals surface area (Å²) in [7, 11) is 1.56. The second-order valence-electron chi connectivity index (χ2n) is 5.38. The van der Waals surface area contributed by atoms with Crippen molar-refractivity contribution in [1.82, 2.24) is 15.1 Å². The van der Waals surface area contributed by atoms with Crippen molar-refractivity contribution >= 4 is 40.7 Å². The molecule has 1 aromatic heterocycles. The van der Waals surface area contributed by atoms with E-state index in [0.717, 1.165) is 0 Å². The van der Waals surface area contributed by atoms with E-state index in [1.54, 1.807) is 55.7 Å². The molecule has 0 radical (unpaired) electrons. The van der Waals surface area contributed by atoms with Crippen LogP contribution in [0.1, 0.15) is 20.7 Å². The van der Waals surface area contributed by atoms with Crippen LogP contribution in [0, 0.1) is 0 Å². The quantitative estimate of drug-likeness (QED) is 0.713. The van der Waals surface area contributed by atoms with Gasteiger partial charge in [-0.1, -0.05) is 23.2 Å². The summed E-state index contributed by atoms with van der Waals surface area (Å²) in [5.41, 5.74) is 2.06. The molecule has 0 aliphatic heterocycles. The minimum atomic E-state index is -0.325. The highest BCUT2D eigenvalue weighted by atomic mass is 35.5. The number of benzene rings is 2. The van der Waals surface area contributed by atoms with Gasteiger partial charge in [-0.2, -0.15) is 5.10 Å². The molecule has 0 spiro atoms. The lowest BCUT2D eigenvalue weighted by Crippen LogP contribution is -2.17. The Morgan fingerprint density at radius 1 is 1.00 bits per heavy atom. The summed E-state index contributed by atoms with van der Waals surface area (Å²) >= 11 is 12.0. The summed E-state index contributed by atoms with van der Waals surface area (Å²) in [6, 6.07) is 11.6. The van der Waals surface area contributed by atoms with E-state index in [9.17, 15) is 9.59 Å². The second-order valence-corrected chi connectivity index (χ2v) is 6.22. The van der Waals surface area contributed by atoms with Crippen LogP contribution in [0.2, 0.25) is 10.0 Å². The van der Waals surface area contributed by atoms with Crippen molar-refractivity contribution in [3.05, 3.63) is 76.0 Å². The van der Waals surface area contributed by atoms with Gasteiger partial charge in [-0.05, 0) is 42.5 Å². The topological polar surface area (TPSA) is 76.0 Å². The van der Waals surface area contributed by atoms with Gasteiger partial charge in [0.05, 0.1) is 22.5 Å². The van der Waals surface area contributed by atoms with Gasteiger partial charge in [0.25, 0.3) is 11.8 Å². The lowest BCUT2D eigenvalue weighted by Gasteiger charge is -2.05. The van der Waals surface area contributed by atoms with Gasteiger partial charge in [0.2, 0.25) is 0 Å². The summed E-state index contributed by atoms with van der Waals surface area (Å²) in [6.07, 6.45) is 3.02. The van der Waals surface area contributed by atoms with Gasteiger partial charge in [0.1, 0.15) is 0 Å². The number of halogens is 2. The predicted octanol–water partition coefficient (Wildman–Crippen LogP) is 3.79. The van der Waals surface area contributed by atoms with E-state index < -0.39 is 0 Å². The van der Waals surface area contributed by atoms with Gasteiger partial charge in [0.15, 0.2) is 0 Å². The highest BCUT2D eigenvalue weighted by Gasteiger charge is 2.12. The van der Waals surface area contributed by atoms with Crippen LogP contribution in [0.3, 0.4) is 0 Å². The Bertz CT molecular complexity index is 968. The predicted molar refractivity (Wildman–Crippen MR) is 101 cm³/mol. The van der Waals surface area contributed by atoms with Gasteiger partial charge in [-0.25, -0.2) is 4.68 Å². The summed E-state index contributed by atoms with van der Waals surface area (Å²) < 4.78 is 1.50. The number of nitrogens with one attached hydrogen (secondary N) is 2. The Balaban J connectivity index is 1.75. The van der Waals surface area contributed by atoms with Crippen LogP contribution in [0.5, 0.6) is 0 Å². The van der Waals surface area contributed by atoms with Gasteiger partial charge in [-0.15, -0.1) is 0 Å². The third kappa shape index (κ3) is 3.87. The molecule has 0 atom stereocenters. The first-order chi connectivity index (χ1) is 12.5. The van der Waals surface area contributed by atoms with Crippen molar-refractivity contribution < 1.29 is 9.59 Å². The van der Waals surface area contributed by atoms with E-state index in [2.05, 4.69) is 15.7 Å². The van der Waals surface area contributed by atoms with Crippen molar-refractivity contribution in [2.24, 2.45) is 0 Å². The lowest BCUT2D eigenvalue weighted by molar-refractivity contribution is 0.0962. The molecule has 0 aliphatic carbocycles. The number of carbonyl (C=O) groups is 2. The van der Waals surface area contributed by atoms with Crippen molar-refractivity contribution in [2.75, 3.05) is 12.4 Å². The number of hydrogen-bond donors (Lipinski definition) is 2. The molecule has 0 fully saturated rings. The Morgan fingerprint density at radius 3 is 2.38 bits per heavy atom. The maximum atomic E-state index is 12.4. The van der Waals surface area contributed by atoms with Crippen LogP contribution in [0.15, 0.2) is 54.9 Å². The molecule has 0 aliphatic rings. The zero-order chi connectivity index (χ0) is 18.7. The van der Waals surface area contributed by atoms with Crippen molar-refractivity contribution in [3.8, 4) is 5.69 Å². The van der Waals surface area contributed by atoms with E-state index in [1.807, 2.05) is 0 Å². The highest BCUT2D eigenvalue weighted by molar-refractivity contribution is 6.35. The number of amides is 2. The number of carbonyl (C=O) groups excluding carboxylic acids is 2. The van der Waals surface area contributed by atoms with E-state index in [1.165, 1.54) is 10.9 Å². The normalized spacial score (nSPS) is 10.4. The number of hydrogen-bond acceptors (Lipinski definition) is 3. The minimum Gasteiger partial charge on any atom is -0.355 e. The molecule has 0 saturated carbocycles. The molecule has 6 nitrogen and oxygen atoms in total. The molecule has 3 aromatic rings. The van der Waals surface area contributed by atoms with E-state index in [0.29, 0.717) is 32.5 Å². The Kier molecular flexibility index (Phi) is 5.25. The molecule has 132 valence electrons.